The maximum Gasteiger partial charge on any atom is 0.416 e. The average Bonchev–Trinajstić information content (AvgIpc) is 2.60. The Labute approximate surface area is 148 Å². The highest BCUT2D eigenvalue weighted by atomic mass is 19.4. The number of carbonyl (C=O) groups is 1. The van der Waals surface area contributed by atoms with Crippen molar-refractivity contribution < 1.29 is 27.1 Å². The van der Waals surface area contributed by atoms with E-state index in [0.717, 1.165) is 12.1 Å². The van der Waals surface area contributed by atoms with E-state index in [0.29, 0.717) is 12.0 Å². The van der Waals surface area contributed by atoms with Crippen LogP contribution in [-0.4, -0.2) is 25.7 Å². The van der Waals surface area contributed by atoms with E-state index in [1.54, 1.807) is 18.2 Å². The highest BCUT2D eigenvalue weighted by Crippen LogP contribution is 2.31. The summed E-state index contributed by atoms with van der Waals surface area (Å²) >= 11 is 0. The first-order chi connectivity index (χ1) is 12.4. The molecule has 0 bridgehead atoms. The van der Waals surface area contributed by atoms with Crippen LogP contribution < -0.4 is 15.4 Å². The summed E-state index contributed by atoms with van der Waals surface area (Å²) in [6.07, 6.45) is -4.09. The largest absolute Gasteiger partial charge is 0.492 e. The molecule has 0 aliphatic carbocycles. The fourth-order valence-electron chi connectivity index (χ4n) is 2.17. The molecule has 8 heteroatoms. The van der Waals surface area contributed by atoms with Crippen molar-refractivity contribution in [2.24, 2.45) is 0 Å². The minimum absolute atomic E-state index is 0.0159. The van der Waals surface area contributed by atoms with Gasteiger partial charge in [-0.15, -0.1) is 0 Å². The van der Waals surface area contributed by atoms with E-state index in [9.17, 15) is 22.4 Å². The summed E-state index contributed by atoms with van der Waals surface area (Å²) in [6, 6.07) is 10.3. The van der Waals surface area contributed by atoms with Crippen LogP contribution in [0.15, 0.2) is 48.5 Å². The van der Waals surface area contributed by atoms with Gasteiger partial charge >= 0.3 is 12.2 Å². The normalized spacial score (nSPS) is 11.1. The second-order valence-corrected chi connectivity index (χ2v) is 5.40. The Morgan fingerprint density at radius 2 is 1.73 bits per heavy atom. The summed E-state index contributed by atoms with van der Waals surface area (Å²) in [5.74, 6) is -0.259. The lowest BCUT2D eigenvalue weighted by atomic mass is 10.1. The number of hydrogen-bond acceptors (Lipinski definition) is 2. The first-order valence-electron chi connectivity index (χ1n) is 7.91. The molecule has 2 aromatic carbocycles. The molecule has 2 amide bonds. The zero-order valence-electron chi connectivity index (χ0n) is 13.8. The van der Waals surface area contributed by atoms with Crippen molar-refractivity contribution in [3.63, 3.8) is 0 Å². The number of benzene rings is 2. The number of hydrogen-bond donors (Lipinski definition) is 2. The molecule has 0 aliphatic rings. The predicted molar refractivity (Wildman–Crippen MR) is 88.4 cm³/mol. The summed E-state index contributed by atoms with van der Waals surface area (Å²) in [7, 11) is 0. The van der Waals surface area contributed by atoms with Crippen molar-refractivity contribution >= 4 is 6.03 Å². The molecule has 0 fully saturated rings. The summed E-state index contributed by atoms with van der Waals surface area (Å²) < 4.78 is 56.4. The Hall–Kier alpha value is -2.77. The molecule has 26 heavy (non-hydrogen) atoms. The molecule has 0 saturated heterocycles. The molecule has 0 heterocycles. The molecule has 4 nitrogen and oxygen atoms in total. The molecule has 0 aliphatic heterocycles. The first-order valence-corrected chi connectivity index (χ1v) is 7.91. The molecule has 0 unspecified atom stereocenters. The van der Waals surface area contributed by atoms with Gasteiger partial charge in [0.25, 0.3) is 0 Å². The Morgan fingerprint density at radius 3 is 2.46 bits per heavy atom. The molecule has 2 rings (SSSR count). The van der Waals surface area contributed by atoms with Gasteiger partial charge in [-0.1, -0.05) is 24.3 Å². The van der Waals surface area contributed by atoms with Gasteiger partial charge in [-0.3, -0.25) is 0 Å². The van der Waals surface area contributed by atoms with Gasteiger partial charge < -0.3 is 15.4 Å². The van der Waals surface area contributed by atoms with Gasteiger partial charge in [0, 0.05) is 6.54 Å². The van der Waals surface area contributed by atoms with Gasteiger partial charge in [0.15, 0.2) is 0 Å². The van der Waals surface area contributed by atoms with Crippen LogP contribution >= 0.6 is 0 Å². The second-order valence-electron chi connectivity index (χ2n) is 5.40. The van der Waals surface area contributed by atoms with E-state index in [1.807, 2.05) is 0 Å². The maximum atomic E-state index is 13.4. The number of alkyl halides is 3. The van der Waals surface area contributed by atoms with E-state index >= 15 is 0 Å². The number of amides is 2. The highest BCUT2D eigenvalue weighted by Gasteiger charge is 2.30. The van der Waals surface area contributed by atoms with Crippen LogP contribution in [0.5, 0.6) is 5.75 Å². The summed E-state index contributed by atoms with van der Waals surface area (Å²) in [4.78, 5) is 11.6. The van der Waals surface area contributed by atoms with Crippen LogP contribution in [0.3, 0.4) is 0 Å². The Bertz CT molecular complexity index is 735. The molecular weight excluding hydrogens is 352 g/mol. The number of nitrogens with one attached hydrogen (secondary N) is 2. The molecule has 2 N–H and O–H groups in total. The molecule has 0 atom stereocenters. The van der Waals surface area contributed by atoms with E-state index < -0.39 is 17.8 Å². The smallest absolute Gasteiger partial charge is 0.416 e. The minimum atomic E-state index is -4.43. The Morgan fingerprint density at radius 1 is 1.00 bits per heavy atom. The van der Waals surface area contributed by atoms with Crippen LogP contribution in [0, 0.1) is 5.82 Å². The van der Waals surface area contributed by atoms with Gasteiger partial charge in [-0.05, 0) is 36.2 Å². The fraction of sp³-hybridized carbons (Fsp3) is 0.278. The van der Waals surface area contributed by atoms with E-state index in [1.165, 1.54) is 18.2 Å². The van der Waals surface area contributed by atoms with Crippen LogP contribution in [0.2, 0.25) is 0 Å². The summed E-state index contributed by atoms with van der Waals surface area (Å²) in [5, 5.41) is 5.07. The molecule has 0 spiro atoms. The fourth-order valence-corrected chi connectivity index (χ4v) is 2.17. The van der Waals surface area contributed by atoms with Crippen molar-refractivity contribution in [1.82, 2.24) is 10.6 Å². The monoisotopic (exact) mass is 370 g/mol. The van der Waals surface area contributed by atoms with Gasteiger partial charge in [0.05, 0.1) is 12.1 Å². The molecular formula is C18H18F4N2O2. The molecule has 140 valence electrons. The third-order valence-corrected chi connectivity index (χ3v) is 3.46. The van der Waals surface area contributed by atoms with Gasteiger partial charge in [-0.25, -0.2) is 9.18 Å². The van der Waals surface area contributed by atoms with Gasteiger partial charge in [-0.2, -0.15) is 13.2 Å². The average molecular weight is 370 g/mol. The van der Waals surface area contributed by atoms with Crippen molar-refractivity contribution in [2.45, 2.75) is 12.6 Å². The third kappa shape index (κ3) is 6.27. The molecule has 0 radical (unpaired) electrons. The van der Waals surface area contributed by atoms with Crippen molar-refractivity contribution in [3.05, 3.63) is 65.5 Å². The quantitative estimate of drug-likeness (QED) is 0.576. The molecule has 0 saturated carbocycles. The van der Waals surface area contributed by atoms with Crippen LogP contribution in [0.1, 0.15) is 11.1 Å². The second kappa shape index (κ2) is 9.07. The van der Waals surface area contributed by atoms with Crippen molar-refractivity contribution in [2.75, 3.05) is 19.7 Å². The van der Waals surface area contributed by atoms with Gasteiger partial charge in [0.2, 0.25) is 0 Å². The summed E-state index contributed by atoms with van der Waals surface area (Å²) in [6.45, 7) is 0.380. The van der Waals surface area contributed by atoms with Crippen molar-refractivity contribution in [1.29, 1.82) is 0 Å². The van der Waals surface area contributed by atoms with Crippen LogP contribution in [0.25, 0.3) is 0 Å². The zero-order valence-corrected chi connectivity index (χ0v) is 13.8. The number of rotatable bonds is 7. The maximum absolute atomic E-state index is 13.4. The Kier molecular flexibility index (Phi) is 6.82. The lowest BCUT2D eigenvalue weighted by Crippen LogP contribution is -2.38. The number of carbonyl (C=O) groups excluding carboxylic acids is 1. The number of halogens is 4. The number of ether oxygens (including phenoxy) is 1. The minimum Gasteiger partial charge on any atom is -0.492 e. The molecule has 2 aromatic rings. The van der Waals surface area contributed by atoms with E-state index in [4.69, 9.17) is 4.74 Å². The molecule has 0 aromatic heterocycles. The van der Waals surface area contributed by atoms with Crippen LogP contribution in [0.4, 0.5) is 22.4 Å². The van der Waals surface area contributed by atoms with E-state index in [-0.39, 0.29) is 31.3 Å². The lowest BCUT2D eigenvalue weighted by molar-refractivity contribution is -0.137. The van der Waals surface area contributed by atoms with Crippen LogP contribution in [-0.2, 0) is 12.6 Å². The summed E-state index contributed by atoms with van der Waals surface area (Å²) in [5.41, 5.74) is -0.297. The van der Waals surface area contributed by atoms with Crippen molar-refractivity contribution in [3.8, 4) is 5.75 Å². The highest BCUT2D eigenvalue weighted by molar-refractivity contribution is 5.73. The SMILES string of the molecule is O=C(NCCOc1cccc(C(F)(F)F)c1)NCCc1ccccc1F. The topological polar surface area (TPSA) is 50.4 Å². The standard InChI is InChI=1S/C18H18F4N2O2/c19-16-7-2-1-4-13(16)8-9-23-17(25)24-10-11-26-15-6-3-5-14(12-15)18(20,21)22/h1-7,12H,8-11H2,(H2,23,24,25). The lowest BCUT2D eigenvalue weighted by Gasteiger charge is -2.11. The number of urea groups is 1. The van der Waals surface area contributed by atoms with E-state index in [2.05, 4.69) is 10.6 Å². The predicted octanol–water partition coefficient (Wildman–Crippen LogP) is 3.77. The Balaban J connectivity index is 1.65. The van der Waals surface area contributed by atoms with Gasteiger partial charge in [0.1, 0.15) is 18.2 Å². The third-order valence-electron chi connectivity index (χ3n) is 3.46. The first kappa shape index (κ1) is 19.6. The zero-order chi connectivity index (χ0) is 19.0.